The zero-order valence-corrected chi connectivity index (χ0v) is 21.6. The van der Waals surface area contributed by atoms with E-state index in [1.54, 1.807) is 59.6 Å². The Morgan fingerprint density at radius 3 is 2.47 bits per heavy atom. The third-order valence-corrected chi connectivity index (χ3v) is 7.96. The Morgan fingerprint density at radius 1 is 1.00 bits per heavy atom. The van der Waals surface area contributed by atoms with Gasteiger partial charge < -0.3 is 9.64 Å². The minimum atomic E-state index is -3.94. The summed E-state index contributed by atoms with van der Waals surface area (Å²) in [6.45, 7) is 3.12. The average molecular weight is 535 g/mol. The van der Waals surface area contributed by atoms with Gasteiger partial charge in [-0.2, -0.15) is 0 Å². The maximum Gasteiger partial charge on any atom is 0.264 e. The second-order valence-electron chi connectivity index (χ2n) is 9.05. The van der Waals surface area contributed by atoms with Crippen LogP contribution in [0.5, 0.6) is 5.75 Å². The van der Waals surface area contributed by atoms with Crippen LogP contribution in [0.1, 0.15) is 15.9 Å². The van der Waals surface area contributed by atoms with E-state index in [2.05, 4.69) is 14.6 Å². The molecule has 0 radical (unpaired) electrons. The molecule has 10 heteroatoms. The van der Waals surface area contributed by atoms with Crippen molar-refractivity contribution >= 4 is 32.5 Å². The number of amides is 1. The maximum absolute atomic E-state index is 13.3. The molecular formula is C28H27FN4O4S. The van der Waals surface area contributed by atoms with Crippen molar-refractivity contribution < 1.29 is 22.3 Å². The minimum Gasteiger partial charge on any atom is -0.496 e. The molecular weight excluding hydrogens is 507 g/mol. The fourth-order valence-corrected chi connectivity index (χ4v) is 5.79. The maximum atomic E-state index is 13.3. The molecule has 0 saturated carbocycles. The zero-order valence-electron chi connectivity index (χ0n) is 20.8. The van der Waals surface area contributed by atoms with Gasteiger partial charge in [0.05, 0.1) is 23.9 Å². The number of hydrogen-bond acceptors (Lipinski definition) is 6. The molecule has 5 rings (SSSR count). The number of anilines is 1. The highest BCUT2D eigenvalue weighted by Gasteiger charge is 2.25. The van der Waals surface area contributed by atoms with Crippen LogP contribution in [-0.4, -0.2) is 62.4 Å². The van der Waals surface area contributed by atoms with Gasteiger partial charge in [-0.25, -0.2) is 12.8 Å². The summed E-state index contributed by atoms with van der Waals surface area (Å²) in [5.41, 5.74) is 2.02. The summed E-state index contributed by atoms with van der Waals surface area (Å²) < 4.78 is 47.5. The Labute approximate surface area is 220 Å². The molecule has 0 unspecified atom stereocenters. The smallest absolute Gasteiger partial charge is 0.264 e. The number of nitrogens with zero attached hydrogens (tertiary/aromatic N) is 3. The third kappa shape index (κ3) is 5.46. The quantitative estimate of drug-likeness (QED) is 0.383. The van der Waals surface area contributed by atoms with Crippen molar-refractivity contribution in [2.45, 2.75) is 11.4 Å². The number of benzene rings is 3. The number of sulfonamides is 1. The van der Waals surface area contributed by atoms with E-state index < -0.39 is 10.0 Å². The molecule has 1 amide bonds. The van der Waals surface area contributed by atoms with Gasteiger partial charge in [-0.3, -0.25) is 19.4 Å². The topological polar surface area (TPSA) is 91.8 Å². The van der Waals surface area contributed by atoms with Crippen molar-refractivity contribution in [3.05, 3.63) is 95.9 Å². The standard InChI is InChI=1S/C28H27FN4O4S/c1-37-25-18-23(31-38(35,36)26-6-2-4-21-5-3-13-30-27(21)26)11-12-24(25)28(34)33-16-14-32(15-17-33)19-20-7-9-22(29)10-8-20/h2-13,18,31H,14-17,19H2,1H3. The molecule has 1 aliphatic rings. The molecule has 0 aliphatic carbocycles. The number of rotatable bonds is 7. The highest BCUT2D eigenvalue weighted by atomic mass is 32.2. The first-order valence-electron chi connectivity index (χ1n) is 12.1. The van der Waals surface area contributed by atoms with Crippen LogP contribution in [0.25, 0.3) is 10.9 Å². The number of aromatic nitrogens is 1. The van der Waals surface area contributed by atoms with Gasteiger partial charge in [-0.15, -0.1) is 0 Å². The number of halogens is 1. The van der Waals surface area contributed by atoms with Gasteiger partial charge in [-0.1, -0.05) is 30.3 Å². The zero-order chi connectivity index (χ0) is 26.7. The van der Waals surface area contributed by atoms with Crippen LogP contribution in [0.3, 0.4) is 0 Å². The second kappa shape index (κ2) is 10.8. The van der Waals surface area contributed by atoms with Crippen molar-refractivity contribution in [3.8, 4) is 5.75 Å². The number of fused-ring (bicyclic) bond motifs is 1. The second-order valence-corrected chi connectivity index (χ2v) is 10.7. The van der Waals surface area contributed by atoms with Gasteiger partial charge >= 0.3 is 0 Å². The summed E-state index contributed by atoms with van der Waals surface area (Å²) in [6.07, 6.45) is 1.55. The lowest BCUT2D eigenvalue weighted by Gasteiger charge is -2.35. The predicted octanol–water partition coefficient (Wildman–Crippen LogP) is 4.14. The fourth-order valence-electron chi connectivity index (χ4n) is 4.56. The van der Waals surface area contributed by atoms with E-state index in [1.807, 2.05) is 0 Å². The highest BCUT2D eigenvalue weighted by Crippen LogP contribution is 2.28. The summed E-state index contributed by atoms with van der Waals surface area (Å²) in [6, 6.07) is 19.6. The first-order chi connectivity index (χ1) is 18.3. The number of methoxy groups -OCH3 is 1. The van der Waals surface area contributed by atoms with Gasteiger partial charge in [-0.05, 0) is 42.0 Å². The van der Waals surface area contributed by atoms with E-state index in [-0.39, 0.29) is 28.1 Å². The number of hydrogen-bond donors (Lipinski definition) is 1. The summed E-state index contributed by atoms with van der Waals surface area (Å²) in [4.78, 5) is 21.6. The lowest BCUT2D eigenvalue weighted by atomic mass is 10.1. The van der Waals surface area contributed by atoms with E-state index >= 15 is 0 Å². The van der Waals surface area contributed by atoms with Gasteiger partial charge in [0.25, 0.3) is 15.9 Å². The number of ether oxygens (including phenoxy) is 1. The first-order valence-corrected chi connectivity index (χ1v) is 13.6. The van der Waals surface area contributed by atoms with Gasteiger partial charge in [0, 0.05) is 50.4 Å². The van der Waals surface area contributed by atoms with Crippen LogP contribution in [-0.2, 0) is 16.6 Å². The van der Waals surface area contributed by atoms with E-state index in [0.717, 1.165) is 5.56 Å². The number of carbonyl (C=O) groups is 1. The molecule has 1 saturated heterocycles. The largest absolute Gasteiger partial charge is 0.496 e. The van der Waals surface area contributed by atoms with Crippen LogP contribution < -0.4 is 9.46 Å². The van der Waals surface area contributed by atoms with Crippen molar-refractivity contribution in [1.82, 2.24) is 14.8 Å². The normalized spacial score (nSPS) is 14.4. The highest BCUT2D eigenvalue weighted by molar-refractivity contribution is 7.93. The van der Waals surface area contributed by atoms with Crippen LogP contribution in [0.4, 0.5) is 10.1 Å². The molecule has 1 aliphatic heterocycles. The molecule has 1 aromatic heterocycles. The summed E-state index contributed by atoms with van der Waals surface area (Å²) in [7, 11) is -2.50. The van der Waals surface area contributed by atoms with Crippen LogP contribution >= 0.6 is 0 Å². The van der Waals surface area contributed by atoms with E-state index in [9.17, 15) is 17.6 Å². The molecule has 0 atom stereocenters. The van der Waals surface area contributed by atoms with E-state index in [0.29, 0.717) is 49.2 Å². The molecule has 38 heavy (non-hydrogen) atoms. The summed E-state index contributed by atoms with van der Waals surface area (Å²) in [5.74, 6) is -0.168. The van der Waals surface area contributed by atoms with Crippen molar-refractivity contribution in [2.75, 3.05) is 38.0 Å². The van der Waals surface area contributed by atoms with Gasteiger partial charge in [0.1, 0.15) is 16.5 Å². The first kappa shape index (κ1) is 25.6. The Morgan fingerprint density at radius 2 is 1.74 bits per heavy atom. The molecule has 8 nitrogen and oxygen atoms in total. The molecule has 4 aromatic rings. The van der Waals surface area contributed by atoms with E-state index in [1.165, 1.54) is 31.4 Å². The van der Waals surface area contributed by atoms with Crippen LogP contribution in [0.2, 0.25) is 0 Å². The lowest BCUT2D eigenvalue weighted by molar-refractivity contribution is 0.0625. The SMILES string of the molecule is COc1cc(NS(=O)(=O)c2cccc3cccnc23)ccc1C(=O)N1CCN(Cc2ccc(F)cc2)CC1. The lowest BCUT2D eigenvalue weighted by Crippen LogP contribution is -2.48. The van der Waals surface area contributed by atoms with Crippen molar-refractivity contribution in [1.29, 1.82) is 0 Å². The Hall–Kier alpha value is -4.02. The van der Waals surface area contributed by atoms with Crippen molar-refractivity contribution in [2.24, 2.45) is 0 Å². The monoisotopic (exact) mass is 534 g/mol. The molecule has 0 bridgehead atoms. The molecule has 3 aromatic carbocycles. The predicted molar refractivity (Wildman–Crippen MR) is 143 cm³/mol. The molecule has 0 spiro atoms. The Balaban J connectivity index is 1.28. The molecule has 2 heterocycles. The number of nitrogens with one attached hydrogen (secondary N) is 1. The molecule has 1 fully saturated rings. The fraction of sp³-hybridized carbons (Fsp3) is 0.214. The Bertz CT molecular complexity index is 1560. The number of pyridine rings is 1. The average Bonchev–Trinajstić information content (AvgIpc) is 2.93. The van der Waals surface area contributed by atoms with Gasteiger partial charge in [0.15, 0.2) is 0 Å². The number of para-hydroxylation sites is 1. The number of piperazine rings is 1. The van der Waals surface area contributed by atoms with Crippen LogP contribution in [0, 0.1) is 5.82 Å². The van der Waals surface area contributed by atoms with Crippen LogP contribution in [0.15, 0.2) is 83.9 Å². The Kier molecular flexibility index (Phi) is 7.26. The third-order valence-electron chi connectivity index (χ3n) is 6.55. The van der Waals surface area contributed by atoms with E-state index in [4.69, 9.17) is 4.74 Å². The summed E-state index contributed by atoms with van der Waals surface area (Å²) in [5, 5.41) is 0.715. The van der Waals surface area contributed by atoms with Crippen molar-refractivity contribution in [3.63, 3.8) is 0 Å². The summed E-state index contributed by atoms with van der Waals surface area (Å²) >= 11 is 0. The molecule has 196 valence electrons. The minimum absolute atomic E-state index is 0.0632. The van der Waals surface area contributed by atoms with Gasteiger partial charge in [0.2, 0.25) is 0 Å². The number of carbonyl (C=O) groups excluding carboxylic acids is 1. The molecule has 1 N–H and O–H groups in total.